The Balaban J connectivity index is 1.97. The van der Waals surface area contributed by atoms with E-state index >= 15 is 0 Å². The fourth-order valence-electron chi connectivity index (χ4n) is 1.69. The van der Waals surface area contributed by atoms with Crippen molar-refractivity contribution in [3.05, 3.63) is 40.9 Å². The number of aryl methyl sites for hydroxylation is 1. The second kappa shape index (κ2) is 6.47. The van der Waals surface area contributed by atoms with Crippen LogP contribution in [0.5, 0.6) is 0 Å². The van der Waals surface area contributed by atoms with Gasteiger partial charge in [-0.3, -0.25) is 0 Å². The number of nitrogens with zero attached hydrogens (tertiary/aromatic N) is 1. The van der Waals surface area contributed by atoms with E-state index in [1.807, 2.05) is 5.38 Å². The van der Waals surface area contributed by atoms with E-state index in [0.717, 1.165) is 16.3 Å². The maximum absolute atomic E-state index is 11.3. The van der Waals surface area contributed by atoms with E-state index < -0.39 is 10.0 Å². The molecule has 0 bridgehead atoms. The number of hydrogen-bond acceptors (Lipinski definition) is 4. The quantitative estimate of drug-likeness (QED) is 0.892. The molecule has 0 saturated carbocycles. The van der Waals surface area contributed by atoms with Crippen molar-refractivity contribution in [2.45, 2.75) is 20.3 Å². The van der Waals surface area contributed by atoms with E-state index in [0.29, 0.717) is 13.0 Å². The van der Waals surface area contributed by atoms with Gasteiger partial charge in [0.15, 0.2) is 0 Å². The summed E-state index contributed by atoms with van der Waals surface area (Å²) < 4.78 is 25.2. The van der Waals surface area contributed by atoms with Crippen molar-refractivity contribution >= 4 is 21.4 Å². The monoisotopic (exact) mass is 310 g/mol. The van der Waals surface area contributed by atoms with Gasteiger partial charge in [0.1, 0.15) is 5.01 Å². The standard InChI is InChI=1S/C14H18N2O2S2/c1-3-20(17,18)15-9-8-13-10-19-14(16-13)12-6-4-11(2)5-7-12/h4-7,10,15H,3,8-9H2,1-2H3. The molecule has 20 heavy (non-hydrogen) atoms. The highest BCUT2D eigenvalue weighted by Gasteiger charge is 2.08. The molecule has 1 aromatic carbocycles. The van der Waals surface area contributed by atoms with Crippen LogP contribution in [0.15, 0.2) is 29.6 Å². The smallest absolute Gasteiger partial charge is 0.211 e. The van der Waals surface area contributed by atoms with Gasteiger partial charge in [-0.15, -0.1) is 11.3 Å². The third kappa shape index (κ3) is 4.13. The Hall–Kier alpha value is -1.24. The van der Waals surface area contributed by atoms with Crippen LogP contribution in [0.4, 0.5) is 0 Å². The zero-order valence-corrected chi connectivity index (χ0v) is 13.2. The lowest BCUT2D eigenvalue weighted by atomic mass is 10.2. The molecule has 0 saturated heterocycles. The Morgan fingerprint density at radius 1 is 1.25 bits per heavy atom. The topological polar surface area (TPSA) is 59.1 Å². The Labute approximate surface area is 123 Å². The average Bonchev–Trinajstić information content (AvgIpc) is 2.88. The van der Waals surface area contributed by atoms with Gasteiger partial charge < -0.3 is 0 Å². The molecule has 0 unspecified atom stereocenters. The molecule has 1 N–H and O–H groups in total. The minimum atomic E-state index is -3.11. The molecular weight excluding hydrogens is 292 g/mol. The van der Waals surface area contributed by atoms with Crippen LogP contribution in [0.25, 0.3) is 10.6 Å². The van der Waals surface area contributed by atoms with E-state index in [1.165, 1.54) is 5.56 Å². The first-order chi connectivity index (χ1) is 9.50. The molecule has 2 rings (SSSR count). The summed E-state index contributed by atoms with van der Waals surface area (Å²) in [4.78, 5) is 4.54. The van der Waals surface area contributed by atoms with Crippen LogP contribution in [0.2, 0.25) is 0 Å². The van der Waals surface area contributed by atoms with Crippen LogP contribution in [0, 0.1) is 6.92 Å². The molecule has 1 aromatic heterocycles. The van der Waals surface area contributed by atoms with Gasteiger partial charge in [-0.05, 0) is 13.8 Å². The molecule has 108 valence electrons. The van der Waals surface area contributed by atoms with Gasteiger partial charge in [-0.2, -0.15) is 0 Å². The lowest BCUT2D eigenvalue weighted by Crippen LogP contribution is -2.27. The molecule has 4 nitrogen and oxygen atoms in total. The summed E-state index contributed by atoms with van der Waals surface area (Å²) in [6, 6.07) is 8.23. The van der Waals surface area contributed by atoms with Gasteiger partial charge in [0.05, 0.1) is 11.4 Å². The SMILES string of the molecule is CCS(=O)(=O)NCCc1csc(-c2ccc(C)cc2)n1. The van der Waals surface area contributed by atoms with Crippen LogP contribution in [0.3, 0.4) is 0 Å². The van der Waals surface area contributed by atoms with Crippen LogP contribution in [-0.2, 0) is 16.4 Å². The average molecular weight is 310 g/mol. The van der Waals surface area contributed by atoms with Crippen molar-refractivity contribution in [1.82, 2.24) is 9.71 Å². The molecule has 2 aromatic rings. The molecule has 6 heteroatoms. The van der Waals surface area contributed by atoms with Crippen molar-refractivity contribution in [2.24, 2.45) is 0 Å². The molecule has 0 amide bonds. The molecule has 0 atom stereocenters. The molecule has 0 aliphatic rings. The first-order valence-corrected chi connectivity index (χ1v) is 9.02. The number of benzene rings is 1. The number of sulfonamides is 1. The summed E-state index contributed by atoms with van der Waals surface area (Å²) in [5.41, 5.74) is 3.24. The highest BCUT2D eigenvalue weighted by atomic mass is 32.2. The lowest BCUT2D eigenvalue weighted by molar-refractivity contribution is 0.582. The van der Waals surface area contributed by atoms with Gasteiger partial charge in [0.2, 0.25) is 10.0 Å². The lowest BCUT2D eigenvalue weighted by Gasteiger charge is -2.02. The number of aromatic nitrogens is 1. The largest absolute Gasteiger partial charge is 0.241 e. The van der Waals surface area contributed by atoms with Crippen LogP contribution in [-0.4, -0.2) is 25.7 Å². The predicted molar refractivity (Wildman–Crippen MR) is 83.5 cm³/mol. The van der Waals surface area contributed by atoms with Gasteiger partial charge in [-0.1, -0.05) is 29.8 Å². The number of hydrogen-bond donors (Lipinski definition) is 1. The fraction of sp³-hybridized carbons (Fsp3) is 0.357. The second-order valence-electron chi connectivity index (χ2n) is 4.56. The third-order valence-corrected chi connectivity index (χ3v) is 5.28. The first-order valence-electron chi connectivity index (χ1n) is 6.49. The number of rotatable bonds is 6. The molecule has 0 aliphatic carbocycles. The summed E-state index contributed by atoms with van der Waals surface area (Å²) in [5, 5.41) is 2.95. The van der Waals surface area contributed by atoms with E-state index in [-0.39, 0.29) is 5.75 Å². The minimum absolute atomic E-state index is 0.110. The normalized spacial score (nSPS) is 11.7. The minimum Gasteiger partial charge on any atom is -0.241 e. The number of nitrogens with one attached hydrogen (secondary N) is 1. The van der Waals surface area contributed by atoms with Gasteiger partial charge >= 0.3 is 0 Å². The Kier molecular flexibility index (Phi) is 4.91. The summed E-state index contributed by atoms with van der Waals surface area (Å²) in [7, 11) is -3.11. The zero-order chi connectivity index (χ0) is 14.6. The van der Waals surface area contributed by atoms with Crippen LogP contribution in [0.1, 0.15) is 18.2 Å². The molecule has 0 aliphatic heterocycles. The maximum Gasteiger partial charge on any atom is 0.211 e. The van der Waals surface area contributed by atoms with Crippen molar-refractivity contribution in [2.75, 3.05) is 12.3 Å². The van der Waals surface area contributed by atoms with E-state index in [4.69, 9.17) is 0 Å². The van der Waals surface area contributed by atoms with Gasteiger partial charge in [-0.25, -0.2) is 18.1 Å². The highest BCUT2D eigenvalue weighted by Crippen LogP contribution is 2.24. The van der Waals surface area contributed by atoms with Crippen molar-refractivity contribution in [3.8, 4) is 10.6 Å². The molecule has 0 spiro atoms. The number of thiazole rings is 1. The molecule has 0 fully saturated rings. The van der Waals surface area contributed by atoms with Crippen molar-refractivity contribution in [1.29, 1.82) is 0 Å². The van der Waals surface area contributed by atoms with E-state index in [1.54, 1.807) is 18.3 Å². The summed E-state index contributed by atoms with van der Waals surface area (Å²) >= 11 is 1.58. The summed E-state index contributed by atoms with van der Waals surface area (Å²) in [6.07, 6.45) is 0.613. The van der Waals surface area contributed by atoms with Crippen LogP contribution >= 0.6 is 11.3 Å². The zero-order valence-electron chi connectivity index (χ0n) is 11.6. The Morgan fingerprint density at radius 3 is 2.60 bits per heavy atom. The molecule has 1 heterocycles. The second-order valence-corrected chi connectivity index (χ2v) is 7.51. The molecule has 0 radical (unpaired) electrons. The Morgan fingerprint density at radius 2 is 1.95 bits per heavy atom. The molecular formula is C14H18N2O2S2. The van der Waals surface area contributed by atoms with E-state index in [2.05, 4.69) is 40.9 Å². The van der Waals surface area contributed by atoms with Crippen molar-refractivity contribution < 1.29 is 8.42 Å². The highest BCUT2D eigenvalue weighted by molar-refractivity contribution is 7.89. The van der Waals surface area contributed by atoms with Gasteiger partial charge in [0.25, 0.3) is 0 Å². The summed E-state index contributed by atoms with van der Waals surface area (Å²) in [5.74, 6) is 0.110. The first kappa shape index (κ1) is 15.2. The predicted octanol–water partition coefficient (Wildman–Crippen LogP) is 2.60. The Bertz CT molecular complexity index is 661. The fourth-order valence-corrected chi connectivity index (χ4v) is 3.16. The summed E-state index contributed by atoms with van der Waals surface area (Å²) in [6.45, 7) is 4.07. The van der Waals surface area contributed by atoms with Gasteiger partial charge in [0, 0.05) is 23.9 Å². The third-order valence-electron chi connectivity index (χ3n) is 2.93. The van der Waals surface area contributed by atoms with Crippen molar-refractivity contribution in [3.63, 3.8) is 0 Å². The maximum atomic E-state index is 11.3. The van der Waals surface area contributed by atoms with Crippen LogP contribution < -0.4 is 4.72 Å². The van der Waals surface area contributed by atoms with E-state index in [9.17, 15) is 8.42 Å².